The average molecular weight is 184 g/mol. The molecule has 0 aliphatic heterocycles. The molecule has 78 valence electrons. The lowest BCUT2D eigenvalue weighted by molar-refractivity contribution is -0.0313. The summed E-state index contributed by atoms with van der Waals surface area (Å²) in [6, 6.07) is 0. The first-order valence-corrected chi connectivity index (χ1v) is 5.65. The molecule has 1 heteroatoms. The molecule has 0 bridgehead atoms. The second-order valence-electron chi connectivity index (χ2n) is 5.56. The van der Waals surface area contributed by atoms with Crippen LogP contribution in [-0.2, 0) is 0 Å². The Morgan fingerprint density at radius 3 is 2.31 bits per heavy atom. The molecule has 1 nitrogen and oxygen atoms in total. The van der Waals surface area contributed by atoms with Crippen molar-refractivity contribution in [2.24, 2.45) is 17.3 Å². The zero-order valence-corrected chi connectivity index (χ0v) is 9.51. The molecule has 3 atom stereocenters. The molecule has 1 aliphatic rings. The number of hydrogen-bond acceptors (Lipinski definition) is 1. The first-order valence-electron chi connectivity index (χ1n) is 5.65. The van der Waals surface area contributed by atoms with Gasteiger partial charge in [0.1, 0.15) is 0 Å². The van der Waals surface area contributed by atoms with Gasteiger partial charge in [0.25, 0.3) is 0 Å². The van der Waals surface area contributed by atoms with Gasteiger partial charge in [0.05, 0.1) is 6.10 Å². The zero-order valence-electron chi connectivity index (χ0n) is 9.51. The molecule has 1 saturated carbocycles. The molecule has 1 fully saturated rings. The van der Waals surface area contributed by atoms with Crippen LogP contribution in [-0.4, -0.2) is 11.2 Å². The first-order chi connectivity index (χ1) is 5.96. The molecule has 0 spiro atoms. The Balaban J connectivity index is 2.65. The van der Waals surface area contributed by atoms with E-state index in [1.807, 2.05) is 0 Å². The van der Waals surface area contributed by atoms with E-state index in [2.05, 4.69) is 27.7 Å². The van der Waals surface area contributed by atoms with Crippen molar-refractivity contribution in [1.29, 1.82) is 0 Å². The number of aliphatic hydroxyl groups excluding tert-OH is 1. The maximum absolute atomic E-state index is 10.2. The summed E-state index contributed by atoms with van der Waals surface area (Å²) >= 11 is 0. The van der Waals surface area contributed by atoms with Crippen molar-refractivity contribution in [3.8, 4) is 0 Å². The van der Waals surface area contributed by atoms with Crippen molar-refractivity contribution in [2.45, 2.75) is 59.5 Å². The van der Waals surface area contributed by atoms with Crippen molar-refractivity contribution < 1.29 is 5.11 Å². The number of hydrogen-bond donors (Lipinski definition) is 1. The van der Waals surface area contributed by atoms with E-state index in [1.54, 1.807) is 0 Å². The Hall–Kier alpha value is -0.0400. The van der Waals surface area contributed by atoms with Gasteiger partial charge < -0.3 is 5.11 Å². The van der Waals surface area contributed by atoms with Crippen LogP contribution in [0.3, 0.4) is 0 Å². The summed E-state index contributed by atoms with van der Waals surface area (Å²) in [5.41, 5.74) is 0.271. The highest BCUT2D eigenvalue weighted by atomic mass is 16.3. The van der Waals surface area contributed by atoms with E-state index in [4.69, 9.17) is 0 Å². The molecule has 1 N–H and O–H groups in total. The van der Waals surface area contributed by atoms with E-state index < -0.39 is 0 Å². The molecule has 0 radical (unpaired) electrons. The van der Waals surface area contributed by atoms with Gasteiger partial charge in [0.2, 0.25) is 0 Å². The fourth-order valence-corrected chi connectivity index (χ4v) is 2.66. The van der Waals surface area contributed by atoms with Gasteiger partial charge in [-0.2, -0.15) is 0 Å². The summed E-state index contributed by atoms with van der Waals surface area (Å²) in [7, 11) is 0. The Labute approximate surface area is 82.5 Å². The molecule has 13 heavy (non-hydrogen) atoms. The Bertz CT molecular complexity index is 157. The largest absolute Gasteiger partial charge is 0.393 e. The topological polar surface area (TPSA) is 20.2 Å². The SMILES string of the molecule is CCC1CCCC(C(C)(C)C)C1O. The summed E-state index contributed by atoms with van der Waals surface area (Å²) in [6.45, 7) is 8.94. The molecule has 1 rings (SSSR count). The highest BCUT2D eigenvalue weighted by Crippen LogP contribution is 2.41. The van der Waals surface area contributed by atoms with Gasteiger partial charge in [-0.3, -0.25) is 0 Å². The van der Waals surface area contributed by atoms with Crippen LogP contribution < -0.4 is 0 Å². The van der Waals surface area contributed by atoms with Gasteiger partial charge >= 0.3 is 0 Å². The third-order valence-corrected chi connectivity index (χ3v) is 3.62. The molecule has 0 amide bonds. The van der Waals surface area contributed by atoms with Crippen molar-refractivity contribution in [2.75, 3.05) is 0 Å². The fourth-order valence-electron chi connectivity index (χ4n) is 2.66. The quantitative estimate of drug-likeness (QED) is 0.663. The third-order valence-electron chi connectivity index (χ3n) is 3.62. The molecule has 0 aromatic carbocycles. The summed E-state index contributed by atoms with van der Waals surface area (Å²) in [5, 5.41) is 10.2. The van der Waals surface area contributed by atoms with Crippen molar-refractivity contribution in [3.05, 3.63) is 0 Å². The molecule has 1 aliphatic carbocycles. The number of rotatable bonds is 1. The minimum atomic E-state index is -0.0567. The van der Waals surface area contributed by atoms with E-state index in [-0.39, 0.29) is 11.5 Å². The zero-order chi connectivity index (χ0) is 10.1. The van der Waals surface area contributed by atoms with Crippen LogP contribution in [0, 0.1) is 17.3 Å². The predicted octanol–water partition coefficient (Wildman–Crippen LogP) is 3.22. The smallest absolute Gasteiger partial charge is 0.0601 e. The molecule has 0 saturated heterocycles. The third kappa shape index (κ3) is 2.46. The maximum atomic E-state index is 10.2. The lowest BCUT2D eigenvalue weighted by Gasteiger charge is -2.41. The van der Waals surface area contributed by atoms with Crippen molar-refractivity contribution in [1.82, 2.24) is 0 Å². The monoisotopic (exact) mass is 184 g/mol. The van der Waals surface area contributed by atoms with Crippen LogP contribution in [0.15, 0.2) is 0 Å². The van der Waals surface area contributed by atoms with E-state index in [9.17, 15) is 5.11 Å². The summed E-state index contributed by atoms with van der Waals surface area (Å²) in [5.74, 6) is 1.06. The van der Waals surface area contributed by atoms with Crippen LogP contribution >= 0.6 is 0 Å². The Morgan fingerprint density at radius 1 is 1.23 bits per heavy atom. The summed E-state index contributed by atoms with van der Waals surface area (Å²) < 4.78 is 0. The van der Waals surface area contributed by atoms with E-state index in [0.29, 0.717) is 11.8 Å². The van der Waals surface area contributed by atoms with Crippen molar-refractivity contribution >= 4 is 0 Å². The van der Waals surface area contributed by atoms with Crippen molar-refractivity contribution in [3.63, 3.8) is 0 Å². The lowest BCUT2D eigenvalue weighted by atomic mass is 9.67. The molecule has 0 aromatic heterocycles. The van der Waals surface area contributed by atoms with Crippen LogP contribution in [0.1, 0.15) is 53.4 Å². The van der Waals surface area contributed by atoms with Crippen LogP contribution in [0.4, 0.5) is 0 Å². The van der Waals surface area contributed by atoms with Crippen LogP contribution in [0.2, 0.25) is 0 Å². The van der Waals surface area contributed by atoms with Gasteiger partial charge in [-0.05, 0) is 30.1 Å². The van der Waals surface area contributed by atoms with Gasteiger partial charge in [-0.15, -0.1) is 0 Å². The van der Waals surface area contributed by atoms with Crippen LogP contribution in [0.5, 0.6) is 0 Å². The second-order valence-corrected chi connectivity index (χ2v) is 5.56. The highest BCUT2D eigenvalue weighted by Gasteiger charge is 2.37. The molecule has 0 aromatic rings. The van der Waals surface area contributed by atoms with Crippen LogP contribution in [0.25, 0.3) is 0 Å². The van der Waals surface area contributed by atoms with Gasteiger partial charge in [-0.1, -0.05) is 40.5 Å². The second kappa shape index (κ2) is 4.00. The number of aliphatic hydroxyl groups is 1. The Kier molecular flexibility index (Phi) is 3.39. The van der Waals surface area contributed by atoms with E-state index >= 15 is 0 Å². The van der Waals surface area contributed by atoms with Gasteiger partial charge in [0.15, 0.2) is 0 Å². The average Bonchev–Trinajstić information content (AvgIpc) is 2.02. The molecule has 0 heterocycles. The van der Waals surface area contributed by atoms with E-state index in [0.717, 1.165) is 6.42 Å². The predicted molar refractivity (Wildman–Crippen MR) is 56.6 cm³/mol. The summed E-state index contributed by atoms with van der Waals surface area (Å²) in [6.07, 6.45) is 4.81. The lowest BCUT2D eigenvalue weighted by Crippen LogP contribution is -2.40. The molecular weight excluding hydrogens is 160 g/mol. The molecular formula is C12H24O. The standard InChI is InChI=1S/C12H24O/c1-5-9-7-6-8-10(11(9)13)12(2,3)4/h9-11,13H,5-8H2,1-4H3. The molecule has 3 unspecified atom stereocenters. The van der Waals surface area contributed by atoms with E-state index in [1.165, 1.54) is 19.3 Å². The maximum Gasteiger partial charge on any atom is 0.0601 e. The minimum Gasteiger partial charge on any atom is -0.393 e. The fraction of sp³-hybridized carbons (Fsp3) is 1.00. The Morgan fingerprint density at radius 2 is 1.85 bits per heavy atom. The summed E-state index contributed by atoms with van der Waals surface area (Å²) in [4.78, 5) is 0. The van der Waals surface area contributed by atoms with Gasteiger partial charge in [0, 0.05) is 0 Å². The first kappa shape index (κ1) is 11.0. The van der Waals surface area contributed by atoms with Gasteiger partial charge in [-0.25, -0.2) is 0 Å². The minimum absolute atomic E-state index is 0.0567. The highest BCUT2D eigenvalue weighted by molar-refractivity contribution is 4.87. The normalized spacial score (nSPS) is 36.2.